The Morgan fingerprint density at radius 2 is 1.65 bits per heavy atom. The first-order chi connectivity index (χ1) is 17.8. The molecule has 0 saturated heterocycles. The molecule has 1 aliphatic carbocycles. The zero-order valence-electron chi connectivity index (χ0n) is 20.6. The lowest BCUT2D eigenvalue weighted by atomic mass is 9.67. The summed E-state index contributed by atoms with van der Waals surface area (Å²) in [5.41, 5.74) is 3.23. The summed E-state index contributed by atoms with van der Waals surface area (Å²) >= 11 is 0. The van der Waals surface area contributed by atoms with Crippen LogP contribution >= 0.6 is 0 Å². The maximum absolute atomic E-state index is 12.6. The number of hydrogen-bond acceptors (Lipinski definition) is 8. The number of methoxy groups -OCH3 is 2. The van der Waals surface area contributed by atoms with E-state index in [4.69, 9.17) is 14.2 Å². The van der Waals surface area contributed by atoms with Gasteiger partial charge >= 0.3 is 5.97 Å². The van der Waals surface area contributed by atoms with E-state index in [-0.39, 0.29) is 54.0 Å². The van der Waals surface area contributed by atoms with Crippen molar-refractivity contribution in [3.63, 3.8) is 0 Å². The van der Waals surface area contributed by atoms with Gasteiger partial charge in [0.25, 0.3) is 0 Å². The lowest BCUT2D eigenvalue weighted by Crippen LogP contribution is -2.36. The van der Waals surface area contributed by atoms with E-state index >= 15 is 0 Å². The number of phenols is 3. The van der Waals surface area contributed by atoms with Gasteiger partial charge in [-0.2, -0.15) is 0 Å². The fourth-order valence-corrected chi connectivity index (χ4v) is 4.92. The normalized spacial score (nSPS) is 18.8. The number of phenolic OH excluding ortho intramolecular Hbond substituents is 3. The SMILES string of the molecule is COc1cc(C2c3cc(O)c(OC)cc3CC(CO)C2COC(=O)C=Cc2ccc(O)cc2)ccc1O. The van der Waals surface area contributed by atoms with E-state index in [9.17, 15) is 25.2 Å². The van der Waals surface area contributed by atoms with Crippen molar-refractivity contribution >= 4 is 12.0 Å². The summed E-state index contributed by atoms with van der Waals surface area (Å²) in [4.78, 5) is 12.6. The van der Waals surface area contributed by atoms with E-state index < -0.39 is 5.97 Å². The number of rotatable bonds is 8. The molecule has 0 aliphatic heterocycles. The first kappa shape index (κ1) is 25.9. The Kier molecular flexibility index (Phi) is 7.89. The van der Waals surface area contributed by atoms with Crippen LogP contribution in [0.25, 0.3) is 6.08 Å². The smallest absolute Gasteiger partial charge is 0.330 e. The van der Waals surface area contributed by atoms with Gasteiger partial charge in [0.05, 0.1) is 20.8 Å². The van der Waals surface area contributed by atoms with Crippen LogP contribution < -0.4 is 9.47 Å². The highest BCUT2D eigenvalue weighted by Gasteiger charge is 2.39. The molecule has 4 rings (SSSR count). The monoisotopic (exact) mass is 506 g/mol. The highest BCUT2D eigenvalue weighted by Crippen LogP contribution is 2.48. The fraction of sp³-hybridized carbons (Fsp3) is 0.276. The van der Waals surface area contributed by atoms with Gasteiger partial charge in [-0.15, -0.1) is 0 Å². The number of hydrogen-bond donors (Lipinski definition) is 4. The van der Waals surface area contributed by atoms with Gasteiger partial charge in [0.1, 0.15) is 5.75 Å². The third-order valence-electron chi connectivity index (χ3n) is 6.81. The second-order valence-electron chi connectivity index (χ2n) is 9.00. The molecule has 8 nitrogen and oxygen atoms in total. The number of aromatic hydroxyl groups is 3. The fourth-order valence-electron chi connectivity index (χ4n) is 4.92. The van der Waals surface area contributed by atoms with E-state index in [1.807, 2.05) is 0 Å². The number of esters is 1. The molecule has 0 amide bonds. The minimum atomic E-state index is -0.546. The predicted molar refractivity (Wildman–Crippen MR) is 137 cm³/mol. The Labute approximate surface area is 215 Å². The second kappa shape index (κ2) is 11.3. The van der Waals surface area contributed by atoms with Gasteiger partial charge in [0.15, 0.2) is 23.0 Å². The van der Waals surface area contributed by atoms with Crippen molar-refractivity contribution in [3.05, 3.63) is 82.9 Å². The summed E-state index contributed by atoms with van der Waals surface area (Å²) in [6, 6.07) is 14.8. The predicted octanol–water partition coefficient (Wildman–Crippen LogP) is 3.99. The largest absolute Gasteiger partial charge is 0.508 e. The number of ether oxygens (including phenoxy) is 3. The van der Waals surface area contributed by atoms with Gasteiger partial charge in [0.2, 0.25) is 0 Å². The third-order valence-corrected chi connectivity index (χ3v) is 6.81. The van der Waals surface area contributed by atoms with Crippen LogP contribution in [0.1, 0.15) is 28.2 Å². The van der Waals surface area contributed by atoms with Gasteiger partial charge in [-0.1, -0.05) is 18.2 Å². The van der Waals surface area contributed by atoms with Gasteiger partial charge in [-0.05, 0) is 77.1 Å². The Bertz CT molecular complexity index is 1280. The average molecular weight is 507 g/mol. The third kappa shape index (κ3) is 5.65. The molecule has 0 radical (unpaired) electrons. The summed E-state index contributed by atoms with van der Waals surface area (Å²) in [5.74, 6) is -0.778. The van der Waals surface area contributed by atoms with Gasteiger partial charge in [-0.3, -0.25) is 0 Å². The van der Waals surface area contributed by atoms with Crippen LogP contribution in [0.15, 0.2) is 60.7 Å². The molecule has 8 heteroatoms. The number of aliphatic hydroxyl groups excluding tert-OH is 1. The van der Waals surface area contributed by atoms with Crippen LogP contribution in [0.4, 0.5) is 0 Å². The molecular formula is C29H30O8. The maximum atomic E-state index is 12.6. The molecule has 3 aromatic carbocycles. The van der Waals surface area contributed by atoms with Crippen LogP contribution in [0, 0.1) is 11.8 Å². The molecule has 37 heavy (non-hydrogen) atoms. The van der Waals surface area contributed by atoms with E-state index in [0.717, 1.165) is 22.3 Å². The van der Waals surface area contributed by atoms with Crippen molar-refractivity contribution in [1.82, 2.24) is 0 Å². The second-order valence-corrected chi connectivity index (χ2v) is 9.00. The summed E-state index contributed by atoms with van der Waals surface area (Å²) in [7, 11) is 2.94. The Morgan fingerprint density at radius 3 is 2.32 bits per heavy atom. The van der Waals surface area contributed by atoms with Crippen LogP contribution in [0.3, 0.4) is 0 Å². The first-order valence-corrected chi connectivity index (χ1v) is 11.9. The number of fused-ring (bicyclic) bond motifs is 1. The minimum absolute atomic E-state index is 0.0130. The highest BCUT2D eigenvalue weighted by molar-refractivity contribution is 5.87. The molecule has 0 heterocycles. The Hall–Kier alpha value is -4.17. The van der Waals surface area contributed by atoms with Gasteiger partial charge < -0.3 is 34.6 Å². The van der Waals surface area contributed by atoms with Crippen molar-refractivity contribution in [2.45, 2.75) is 12.3 Å². The van der Waals surface area contributed by atoms with E-state index in [1.165, 1.54) is 38.5 Å². The average Bonchev–Trinajstić information content (AvgIpc) is 2.91. The summed E-state index contributed by atoms with van der Waals surface area (Å²) in [5, 5.41) is 40.4. The number of aliphatic hydroxyl groups is 1. The molecule has 0 saturated carbocycles. The topological polar surface area (TPSA) is 126 Å². The molecule has 0 fully saturated rings. The number of carbonyl (C=O) groups is 1. The summed E-state index contributed by atoms with van der Waals surface area (Å²) in [6.45, 7) is -0.121. The lowest BCUT2D eigenvalue weighted by Gasteiger charge is -2.39. The molecular weight excluding hydrogens is 476 g/mol. The van der Waals surface area contributed by atoms with Crippen LogP contribution in [-0.2, 0) is 16.0 Å². The zero-order valence-corrected chi connectivity index (χ0v) is 20.6. The van der Waals surface area contributed by atoms with Gasteiger partial charge in [0, 0.05) is 24.5 Å². The molecule has 0 bridgehead atoms. The standard InChI is InChI=1S/C29H30O8/c1-35-26-12-18(6-9-24(26)32)29-22-14-25(33)27(36-2)13-19(22)11-20(15-30)23(29)16-37-28(34)10-5-17-3-7-21(31)8-4-17/h3-10,12-14,20,23,29-33H,11,15-16H2,1-2H3. The molecule has 0 spiro atoms. The van der Waals surface area contributed by atoms with Crippen molar-refractivity contribution in [2.24, 2.45) is 11.8 Å². The number of carbonyl (C=O) groups excluding carboxylic acids is 1. The summed E-state index contributed by atoms with van der Waals surface area (Å²) in [6.07, 6.45) is 3.40. The molecule has 1 aliphatic rings. The van der Waals surface area contributed by atoms with Gasteiger partial charge in [-0.25, -0.2) is 4.79 Å². The highest BCUT2D eigenvalue weighted by atomic mass is 16.5. The first-order valence-electron chi connectivity index (χ1n) is 11.9. The number of benzene rings is 3. The zero-order chi connectivity index (χ0) is 26.5. The molecule has 194 valence electrons. The van der Waals surface area contributed by atoms with Crippen LogP contribution in [0.2, 0.25) is 0 Å². The maximum Gasteiger partial charge on any atom is 0.330 e. The molecule has 0 aromatic heterocycles. The van der Waals surface area contributed by atoms with Crippen LogP contribution in [-0.4, -0.2) is 53.8 Å². The summed E-state index contributed by atoms with van der Waals surface area (Å²) < 4.78 is 16.2. The quantitative estimate of drug-likeness (QED) is 0.267. The van der Waals surface area contributed by atoms with Crippen molar-refractivity contribution in [3.8, 4) is 28.7 Å². The lowest BCUT2D eigenvalue weighted by molar-refractivity contribution is -0.140. The Morgan fingerprint density at radius 1 is 0.946 bits per heavy atom. The molecule has 4 N–H and O–H groups in total. The van der Waals surface area contributed by atoms with E-state index in [2.05, 4.69) is 0 Å². The van der Waals surface area contributed by atoms with Crippen molar-refractivity contribution in [1.29, 1.82) is 0 Å². The molecule has 3 atom stereocenters. The minimum Gasteiger partial charge on any atom is -0.508 e. The van der Waals surface area contributed by atoms with E-state index in [0.29, 0.717) is 12.2 Å². The van der Waals surface area contributed by atoms with E-state index in [1.54, 1.807) is 42.5 Å². The van der Waals surface area contributed by atoms with Crippen molar-refractivity contribution in [2.75, 3.05) is 27.4 Å². The van der Waals surface area contributed by atoms with Crippen molar-refractivity contribution < 1.29 is 39.4 Å². The van der Waals surface area contributed by atoms with Crippen LogP contribution in [0.5, 0.6) is 28.7 Å². The molecule has 3 unspecified atom stereocenters. The molecule has 3 aromatic rings. The Balaban J connectivity index is 1.67.